The number of H-pyrrole nitrogens is 1. The second kappa shape index (κ2) is 7.55. The van der Waals surface area contributed by atoms with Crippen molar-refractivity contribution in [1.82, 2.24) is 9.97 Å². The molecule has 3 aromatic rings. The highest BCUT2D eigenvalue weighted by Crippen LogP contribution is 2.25. The molecule has 0 fully saturated rings. The molecule has 3 rings (SSSR count). The maximum atomic E-state index is 12.3. The van der Waals surface area contributed by atoms with E-state index >= 15 is 0 Å². The zero-order chi connectivity index (χ0) is 16.9. The van der Waals surface area contributed by atoms with Crippen LogP contribution in [0.3, 0.4) is 0 Å². The Kier molecular flexibility index (Phi) is 5.23. The normalized spacial score (nSPS) is 11.9. The van der Waals surface area contributed by atoms with Gasteiger partial charge < -0.3 is 10.3 Å². The maximum Gasteiger partial charge on any atom is 0.237 e. The lowest BCUT2D eigenvalue weighted by Gasteiger charge is -2.10. The number of nitrogens with zero attached hydrogens (tertiary/aromatic N) is 1. The average Bonchev–Trinajstić information content (AvgIpc) is 3.04. The number of aromatic nitrogens is 2. The molecule has 0 aliphatic heterocycles. The zero-order valence-electron chi connectivity index (χ0n) is 13.0. The van der Waals surface area contributed by atoms with E-state index in [-0.39, 0.29) is 11.2 Å². The van der Waals surface area contributed by atoms with Crippen LogP contribution in [0, 0.1) is 0 Å². The minimum atomic E-state index is -0.293. The highest BCUT2D eigenvalue weighted by Gasteiger charge is 2.16. The van der Waals surface area contributed by atoms with Gasteiger partial charge in [-0.15, -0.1) is 0 Å². The summed E-state index contributed by atoms with van der Waals surface area (Å²) in [6, 6.07) is 17.0. The Morgan fingerprint density at radius 2 is 2.00 bits per heavy atom. The molecular formula is C18H16ClN3OS. The third kappa shape index (κ3) is 4.19. The molecule has 0 saturated heterocycles. The van der Waals surface area contributed by atoms with Crippen LogP contribution in [0.2, 0.25) is 5.02 Å². The van der Waals surface area contributed by atoms with E-state index in [1.54, 1.807) is 24.4 Å². The molecule has 0 spiro atoms. The summed E-state index contributed by atoms with van der Waals surface area (Å²) in [6.45, 7) is 1.84. The van der Waals surface area contributed by atoms with Crippen LogP contribution in [-0.2, 0) is 4.79 Å². The van der Waals surface area contributed by atoms with Gasteiger partial charge in [0.15, 0.2) is 5.16 Å². The Morgan fingerprint density at radius 3 is 2.75 bits per heavy atom. The lowest BCUT2D eigenvalue weighted by atomic mass is 10.2. The smallest absolute Gasteiger partial charge is 0.237 e. The minimum absolute atomic E-state index is 0.0973. The molecule has 1 atom stereocenters. The van der Waals surface area contributed by atoms with E-state index in [4.69, 9.17) is 11.6 Å². The van der Waals surface area contributed by atoms with Crippen LogP contribution in [0.25, 0.3) is 11.3 Å². The van der Waals surface area contributed by atoms with E-state index in [9.17, 15) is 4.79 Å². The maximum absolute atomic E-state index is 12.3. The first-order valence-electron chi connectivity index (χ1n) is 7.45. The number of nitrogens with one attached hydrogen (secondary N) is 2. The number of rotatable bonds is 5. The average molecular weight is 358 g/mol. The SMILES string of the molecule is C[C@H](Sc1ncc(-c2ccccc2)[nH]1)C(=O)Nc1cccc(Cl)c1. The van der Waals surface area contributed by atoms with Crippen LogP contribution < -0.4 is 5.32 Å². The van der Waals surface area contributed by atoms with Crippen molar-refractivity contribution in [3.8, 4) is 11.3 Å². The van der Waals surface area contributed by atoms with E-state index in [2.05, 4.69) is 15.3 Å². The van der Waals surface area contributed by atoms with Crippen LogP contribution >= 0.6 is 23.4 Å². The molecule has 6 heteroatoms. The standard InChI is InChI=1S/C18H16ClN3OS/c1-12(17(23)21-15-9-5-8-14(19)10-15)24-18-20-11-16(22-18)13-6-3-2-4-7-13/h2-12H,1H3,(H,20,22)(H,21,23)/t12-/m0/s1. The van der Waals surface area contributed by atoms with E-state index < -0.39 is 0 Å². The summed E-state index contributed by atoms with van der Waals surface area (Å²) >= 11 is 7.31. The van der Waals surface area contributed by atoms with Gasteiger partial charge in [-0.1, -0.05) is 59.8 Å². The van der Waals surface area contributed by atoms with Gasteiger partial charge in [0.25, 0.3) is 0 Å². The van der Waals surface area contributed by atoms with Gasteiger partial charge >= 0.3 is 0 Å². The first-order chi connectivity index (χ1) is 11.6. The van der Waals surface area contributed by atoms with Crippen molar-refractivity contribution in [1.29, 1.82) is 0 Å². The van der Waals surface area contributed by atoms with Crippen molar-refractivity contribution >= 4 is 35.0 Å². The third-order valence-corrected chi connectivity index (χ3v) is 4.62. The fraction of sp³-hybridized carbons (Fsp3) is 0.111. The van der Waals surface area contributed by atoms with Crippen molar-refractivity contribution < 1.29 is 4.79 Å². The Hall–Kier alpha value is -2.24. The third-order valence-electron chi connectivity index (χ3n) is 3.39. The number of hydrogen-bond acceptors (Lipinski definition) is 3. The van der Waals surface area contributed by atoms with Crippen LogP contribution in [0.1, 0.15) is 6.92 Å². The second-order valence-corrected chi connectivity index (χ2v) is 6.99. The topological polar surface area (TPSA) is 57.8 Å². The summed E-state index contributed by atoms with van der Waals surface area (Å²) < 4.78 is 0. The van der Waals surface area contributed by atoms with Gasteiger partial charge in [-0.3, -0.25) is 4.79 Å². The molecule has 122 valence electrons. The quantitative estimate of drug-likeness (QED) is 0.642. The van der Waals surface area contributed by atoms with E-state index in [0.29, 0.717) is 15.9 Å². The first-order valence-corrected chi connectivity index (χ1v) is 8.71. The van der Waals surface area contributed by atoms with Crippen LogP contribution in [0.4, 0.5) is 5.69 Å². The molecule has 1 aromatic heterocycles. The highest BCUT2D eigenvalue weighted by atomic mass is 35.5. The number of carbonyl (C=O) groups is 1. The summed E-state index contributed by atoms with van der Waals surface area (Å²) in [5.41, 5.74) is 2.68. The molecular weight excluding hydrogens is 342 g/mol. The first kappa shape index (κ1) is 16.6. The molecule has 0 bridgehead atoms. The molecule has 2 aromatic carbocycles. The van der Waals surface area contributed by atoms with Crippen LogP contribution in [0.5, 0.6) is 0 Å². The van der Waals surface area contributed by atoms with Gasteiger partial charge in [0, 0.05) is 10.7 Å². The van der Waals surface area contributed by atoms with Gasteiger partial charge in [-0.2, -0.15) is 0 Å². The van der Waals surface area contributed by atoms with Crippen LogP contribution in [0.15, 0.2) is 66.0 Å². The summed E-state index contributed by atoms with van der Waals surface area (Å²) in [7, 11) is 0. The molecule has 0 aliphatic carbocycles. The largest absolute Gasteiger partial charge is 0.333 e. The lowest BCUT2D eigenvalue weighted by Crippen LogP contribution is -2.22. The van der Waals surface area contributed by atoms with E-state index in [0.717, 1.165) is 11.3 Å². The van der Waals surface area contributed by atoms with E-state index in [1.807, 2.05) is 43.3 Å². The minimum Gasteiger partial charge on any atom is -0.333 e. The molecule has 24 heavy (non-hydrogen) atoms. The number of hydrogen-bond donors (Lipinski definition) is 2. The Bertz CT molecular complexity index is 835. The Labute approximate surface area is 149 Å². The second-order valence-electron chi connectivity index (χ2n) is 5.23. The molecule has 2 N–H and O–H groups in total. The monoisotopic (exact) mass is 357 g/mol. The Morgan fingerprint density at radius 1 is 1.21 bits per heavy atom. The van der Waals surface area contributed by atoms with E-state index in [1.165, 1.54) is 11.8 Å². The summed E-state index contributed by atoms with van der Waals surface area (Å²) in [6.07, 6.45) is 1.78. The van der Waals surface area contributed by atoms with Crippen molar-refractivity contribution in [3.63, 3.8) is 0 Å². The number of halogens is 1. The van der Waals surface area contributed by atoms with Crippen LogP contribution in [-0.4, -0.2) is 21.1 Å². The Balaban J connectivity index is 1.63. The molecule has 0 unspecified atom stereocenters. The van der Waals surface area contributed by atoms with Gasteiger partial charge in [0.1, 0.15) is 0 Å². The number of aromatic amines is 1. The van der Waals surface area contributed by atoms with Crippen molar-refractivity contribution in [2.45, 2.75) is 17.3 Å². The number of thioether (sulfide) groups is 1. The highest BCUT2D eigenvalue weighted by molar-refractivity contribution is 8.00. The zero-order valence-corrected chi connectivity index (χ0v) is 14.6. The van der Waals surface area contributed by atoms with Gasteiger partial charge in [-0.05, 0) is 30.7 Å². The number of amides is 1. The molecule has 0 saturated carbocycles. The van der Waals surface area contributed by atoms with Crippen molar-refractivity contribution in [3.05, 3.63) is 65.8 Å². The number of anilines is 1. The predicted molar refractivity (Wildman–Crippen MR) is 99.4 cm³/mol. The van der Waals surface area contributed by atoms with Crippen molar-refractivity contribution in [2.24, 2.45) is 0 Å². The lowest BCUT2D eigenvalue weighted by molar-refractivity contribution is -0.115. The molecule has 1 amide bonds. The summed E-state index contributed by atoms with van der Waals surface area (Å²) in [5, 5.41) is 3.86. The summed E-state index contributed by atoms with van der Waals surface area (Å²) in [4.78, 5) is 19.9. The number of benzene rings is 2. The molecule has 1 heterocycles. The fourth-order valence-corrected chi connectivity index (χ4v) is 3.13. The van der Waals surface area contributed by atoms with Crippen molar-refractivity contribution in [2.75, 3.05) is 5.32 Å². The summed E-state index contributed by atoms with van der Waals surface area (Å²) in [5.74, 6) is -0.0973. The number of imidazole rings is 1. The number of carbonyl (C=O) groups excluding carboxylic acids is 1. The van der Waals surface area contributed by atoms with Gasteiger partial charge in [0.05, 0.1) is 17.1 Å². The predicted octanol–water partition coefficient (Wildman–Crippen LogP) is 4.85. The van der Waals surface area contributed by atoms with Gasteiger partial charge in [-0.25, -0.2) is 4.98 Å². The van der Waals surface area contributed by atoms with Gasteiger partial charge in [0.2, 0.25) is 5.91 Å². The molecule has 0 radical (unpaired) electrons. The fourth-order valence-electron chi connectivity index (χ4n) is 2.16. The molecule has 0 aliphatic rings. The molecule has 4 nitrogen and oxygen atoms in total.